The SMILES string of the molecule is C[SiH](C)OC(C)(c1cc[c]cc1)C(C)(C)C. The number of hydrogen-bond donors (Lipinski definition) is 0. The molecule has 1 aromatic carbocycles. The molecule has 0 amide bonds. The van der Waals surface area contributed by atoms with Gasteiger partial charge in [0.15, 0.2) is 9.04 Å². The lowest BCUT2D eigenvalue weighted by atomic mass is 9.73. The molecule has 1 nitrogen and oxygen atoms in total. The summed E-state index contributed by atoms with van der Waals surface area (Å²) < 4.78 is 6.31. The average molecular weight is 235 g/mol. The van der Waals surface area contributed by atoms with Gasteiger partial charge in [0.2, 0.25) is 0 Å². The summed E-state index contributed by atoms with van der Waals surface area (Å²) in [7, 11) is -1.08. The van der Waals surface area contributed by atoms with Crippen LogP contribution in [-0.4, -0.2) is 9.04 Å². The van der Waals surface area contributed by atoms with Crippen molar-refractivity contribution in [2.24, 2.45) is 5.41 Å². The van der Waals surface area contributed by atoms with Crippen molar-refractivity contribution < 1.29 is 4.43 Å². The van der Waals surface area contributed by atoms with Gasteiger partial charge in [0, 0.05) is 0 Å². The van der Waals surface area contributed by atoms with E-state index in [1.165, 1.54) is 5.56 Å². The summed E-state index contributed by atoms with van der Waals surface area (Å²) in [6.45, 7) is 13.4. The third kappa shape index (κ3) is 2.74. The van der Waals surface area contributed by atoms with Crippen LogP contribution in [0.4, 0.5) is 0 Å². The summed E-state index contributed by atoms with van der Waals surface area (Å²) in [5, 5.41) is 0. The molecule has 0 saturated carbocycles. The standard InChI is InChI=1S/C14H23OSi/c1-13(2,3)14(4,15-16(5)6)12-10-8-7-9-11-12/h8-11,16H,1-6H3. The maximum absolute atomic E-state index is 6.31. The van der Waals surface area contributed by atoms with E-state index in [-0.39, 0.29) is 11.0 Å². The van der Waals surface area contributed by atoms with Gasteiger partial charge in [0.25, 0.3) is 0 Å². The molecule has 0 spiro atoms. The third-order valence-corrected chi connectivity index (χ3v) is 4.11. The predicted molar refractivity (Wildman–Crippen MR) is 72.0 cm³/mol. The third-order valence-electron chi connectivity index (χ3n) is 3.17. The Kier molecular flexibility index (Phi) is 3.97. The van der Waals surface area contributed by atoms with Crippen LogP contribution in [0.1, 0.15) is 33.3 Å². The van der Waals surface area contributed by atoms with E-state index in [4.69, 9.17) is 4.43 Å². The highest BCUT2D eigenvalue weighted by Gasteiger charge is 2.40. The Morgan fingerprint density at radius 1 is 1.06 bits per heavy atom. The second-order valence-corrected chi connectivity index (χ2v) is 8.07. The molecule has 0 aromatic heterocycles. The second kappa shape index (κ2) is 4.72. The molecule has 89 valence electrons. The first kappa shape index (κ1) is 13.5. The van der Waals surface area contributed by atoms with Crippen LogP contribution in [0, 0.1) is 11.5 Å². The summed E-state index contributed by atoms with van der Waals surface area (Å²) >= 11 is 0. The molecule has 0 bridgehead atoms. The van der Waals surface area contributed by atoms with Crippen LogP contribution in [0.25, 0.3) is 0 Å². The van der Waals surface area contributed by atoms with Crippen LogP contribution < -0.4 is 0 Å². The summed E-state index contributed by atoms with van der Waals surface area (Å²) in [6.07, 6.45) is 0. The monoisotopic (exact) mass is 235 g/mol. The molecular weight excluding hydrogens is 212 g/mol. The molecule has 1 radical (unpaired) electrons. The lowest BCUT2D eigenvalue weighted by molar-refractivity contribution is -0.0237. The maximum Gasteiger partial charge on any atom is 0.172 e. The molecule has 0 aliphatic rings. The van der Waals surface area contributed by atoms with Gasteiger partial charge < -0.3 is 4.43 Å². The molecule has 1 atom stereocenters. The molecule has 0 fully saturated rings. The number of rotatable bonds is 3. The van der Waals surface area contributed by atoms with Crippen molar-refractivity contribution in [3.63, 3.8) is 0 Å². The first-order valence-electron chi connectivity index (χ1n) is 5.92. The zero-order valence-electron chi connectivity index (χ0n) is 11.3. The fraction of sp³-hybridized carbons (Fsp3) is 0.571. The summed E-state index contributed by atoms with van der Waals surface area (Å²) in [5.41, 5.74) is 1.13. The molecular formula is C14H23OSi. The van der Waals surface area contributed by atoms with Gasteiger partial charge in [0.05, 0.1) is 5.60 Å². The second-order valence-electron chi connectivity index (χ2n) is 5.74. The number of benzene rings is 1. The summed E-state index contributed by atoms with van der Waals surface area (Å²) in [6, 6.07) is 11.2. The summed E-state index contributed by atoms with van der Waals surface area (Å²) in [4.78, 5) is 0. The van der Waals surface area contributed by atoms with Gasteiger partial charge >= 0.3 is 0 Å². The van der Waals surface area contributed by atoms with E-state index < -0.39 is 9.04 Å². The Hall–Kier alpha value is -0.603. The van der Waals surface area contributed by atoms with Crippen molar-refractivity contribution in [3.8, 4) is 0 Å². The normalized spacial score (nSPS) is 16.2. The zero-order valence-corrected chi connectivity index (χ0v) is 12.4. The van der Waals surface area contributed by atoms with Crippen molar-refractivity contribution in [2.75, 3.05) is 0 Å². The molecule has 0 aliphatic carbocycles. The highest BCUT2D eigenvalue weighted by molar-refractivity contribution is 6.48. The quantitative estimate of drug-likeness (QED) is 0.725. The van der Waals surface area contributed by atoms with Gasteiger partial charge in [-0.15, -0.1) is 0 Å². The molecule has 0 saturated heterocycles. The molecule has 0 heterocycles. The molecule has 0 aliphatic heterocycles. The van der Waals surface area contributed by atoms with Crippen molar-refractivity contribution in [3.05, 3.63) is 35.9 Å². The smallest absolute Gasteiger partial charge is 0.172 e. The Bertz CT molecular complexity index is 326. The highest BCUT2D eigenvalue weighted by Crippen LogP contribution is 2.42. The van der Waals surface area contributed by atoms with E-state index in [0.717, 1.165) is 0 Å². The van der Waals surface area contributed by atoms with Crippen LogP contribution in [0.5, 0.6) is 0 Å². The van der Waals surface area contributed by atoms with E-state index in [0.29, 0.717) is 0 Å². The largest absolute Gasteiger partial charge is 0.411 e. The summed E-state index contributed by atoms with van der Waals surface area (Å²) in [5.74, 6) is 0. The molecule has 1 unspecified atom stereocenters. The van der Waals surface area contributed by atoms with E-state index in [1.54, 1.807) is 0 Å². The molecule has 1 aromatic rings. The molecule has 0 N–H and O–H groups in total. The molecule has 2 heteroatoms. The van der Waals surface area contributed by atoms with E-state index >= 15 is 0 Å². The average Bonchev–Trinajstić information content (AvgIpc) is 2.16. The van der Waals surface area contributed by atoms with Crippen LogP contribution in [0.2, 0.25) is 13.1 Å². The Balaban J connectivity index is 3.16. The zero-order chi connectivity index (χ0) is 12.4. The van der Waals surface area contributed by atoms with Crippen molar-refractivity contribution >= 4 is 9.04 Å². The van der Waals surface area contributed by atoms with Crippen molar-refractivity contribution in [2.45, 2.75) is 46.4 Å². The van der Waals surface area contributed by atoms with E-state index in [1.807, 2.05) is 12.1 Å². The molecule has 16 heavy (non-hydrogen) atoms. The fourth-order valence-corrected chi connectivity index (χ4v) is 3.29. The van der Waals surface area contributed by atoms with Gasteiger partial charge in [-0.1, -0.05) is 45.0 Å². The Morgan fingerprint density at radius 3 is 1.94 bits per heavy atom. The fourth-order valence-electron chi connectivity index (χ4n) is 1.85. The van der Waals surface area contributed by atoms with Crippen LogP contribution in [-0.2, 0) is 10.0 Å². The van der Waals surface area contributed by atoms with Gasteiger partial charge in [-0.2, -0.15) is 0 Å². The van der Waals surface area contributed by atoms with Gasteiger partial charge in [-0.05, 0) is 37.1 Å². The van der Waals surface area contributed by atoms with E-state index in [9.17, 15) is 0 Å². The minimum atomic E-state index is -1.08. The topological polar surface area (TPSA) is 9.23 Å². The highest BCUT2D eigenvalue weighted by atomic mass is 28.3. The first-order chi connectivity index (χ1) is 7.27. The van der Waals surface area contributed by atoms with Crippen LogP contribution in [0.15, 0.2) is 24.3 Å². The Morgan fingerprint density at radius 2 is 1.56 bits per heavy atom. The minimum absolute atomic E-state index is 0.0889. The lowest BCUT2D eigenvalue weighted by Crippen LogP contribution is -2.42. The van der Waals surface area contributed by atoms with Gasteiger partial charge in [-0.3, -0.25) is 0 Å². The van der Waals surface area contributed by atoms with Gasteiger partial charge in [-0.25, -0.2) is 0 Å². The number of hydrogen-bond acceptors (Lipinski definition) is 1. The van der Waals surface area contributed by atoms with Crippen LogP contribution in [0.3, 0.4) is 0 Å². The predicted octanol–water partition coefficient (Wildman–Crippen LogP) is 3.75. The lowest BCUT2D eigenvalue weighted by Gasteiger charge is -2.44. The first-order valence-corrected chi connectivity index (χ1v) is 8.70. The maximum atomic E-state index is 6.31. The molecule has 1 rings (SSSR count). The van der Waals surface area contributed by atoms with E-state index in [2.05, 4.69) is 59.0 Å². The minimum Gasteiger partial charge on any atom is -0.411 e. The van der Waals surface area contributed by atoms with Crippen molar-refractivity contribution in [1.29, 1.82) is 0 Å². The van der Waals surface area contributed by atoms with Crippen LogP contribution >= 0.6 is 0 Å². The Labute approximate surface area is 102 Å². The van der Waals surface area contributed by atoms with Crippen molar-refractivity contribution in [1.82, 2.24) is 0 Å². The van der Waals surface area contributed by atoms with Gasteiger partial charge in [0.1, 0.15) is 0 Å².